The number of thioether (sulfide) groups is 1. The fourth-order valence-electron chi connectivity index (χ4n) is 2.43. The van der Waals surface area contributed by atoms with E-state index < -0.39 is 0 Å². The highest BCUT2D eigenvalue weighted by molar-refractivity contribution is 8.13. The van der Waals surface area contributed by atoms with Crippen LogP contribution >= 0.6 is 11.8 Å². The Bertz CT molecular complexity index is 649. The molecule has 0 radical (unpaired) electrons. The third-order valence-electron chi connectivity index (χ3n) is 3.59. The molecule has 0 atom stereocenters. The van der Waals surface area contributed by atoms with Gasteiger partial charge in [-0.25, -0.2) is 4.99 Å². The molecule has 2 nitrogen and oxygen atoms in total. The van der Waals surface area contributed by atoms with Gasteiger partial charge < -0.3 is 4.90 Å². The van der Waals surface area contributed by atoms with E-state index in [1.807, 2.05) is 0 Å². The van der Waals surface area contributed by atoms with Crippen LogP contribution in [0.1, 0.15) is 18.1 Å². The summed E-state index contributed by atoms with van der Waals surface area (Å²) in [5.74, 6) is 0.994. The monoisotopic (exact) mass is 282 g/mol. The minimum absolute atomic E-state index is 0.994. The zero-order valence-electron chi connectivity index (χ0n) is 11.8. The summed E-state index contributed by atoms with van der Waals surface area (Å²) in [5.41, 5.74) is 5.03. The van der Waals surface area contributed by atoms with Crippen LogP contribution in [0.2, 0.25) is 0 Å². The Labute approximate surface area is 124 Å². The Morgan fingerprint density at radius 3 is 2.70 bits per heavy atom. The Kier molecular flexibility index (Phi) is 3.79. The molecule has 0 aliphatic carbocycles. The lowest BCUT2D eigenvalue weighted by Gasteiger charge is -2.28. The number of hydrogen-bond acceptors (Lipinski definition) is 2. The van der Waals surface area contributed by atoms with Gasteiger partial charge in [0, 0.05) is 18.5 Å². The molecule has 0 saturated heterocycles. The summed E-state index contributed by atoms with van der Waals surface area (Å²) in [5, 5.41) is 1.07. The van der Waals surface area contributed by atoms with Gasteiger partial charge in [-0.3, -0.25) is 0 Å². The van der Waals surface area contributed by atoms with Crippen molar-refractivity contribution in [1.82, 2.24) is 0 Å². The molecule has 2 aromatic rings. The molecule has 1 aliphatic rings. The van der Waals surface area contributed by atoms with Gasteiger partial charge in [-0.05, 0) is 29.7 Å². The van der Waals surface area contributed by atoms with Crippen LogP contribution in [-0.2, 0) is 12.2 Å². The number of amidine groups is 1. The van der Waals surface area contributed by atoms with Gasteiger partial charge in [0.2, 0.25) is 0 Å². The van der Waals surface area contributed by atoms with Crippen molar-refractivity contribution in [2.24, 2.45) is 4.99 Å². The summed E-state index contributed by atoms with van der Waals surface area (Å²) >= 11 is 1.80. The van der Waals surface area contributed by atoms with Crippen molar-refractivity contribution in [2.45, 2.75) is 19.1 Å². The fraction of sp³-hybridized carbons (Fsp3) is 0.235. The standard InChI is InChI=1S/C17H18N2S/c1-3-13-8-4-6-10-15(13)18-17-19(2)16-11-7-5-9-14(16)12-20-17/h4-11H,3,12H2,1-2H3. The largest absolute Gasteiger partial charge is 0.324 e. The predicted molar refractivity (Wildman–Crippen MR) is 89.1 cm³/mol. The first-order valence-corrected chi connectivity index (χ1v) is 7.89. The number of aryl methyl sites for hydroxylation is 1. The third-order valence-corrected chi connectivity index (χ3v) is 4.66. The topological polar surface area (TPSA) is 15.6 Å². The average Bonchev–Trinajstić information content (AvgIpc) is 2.51. The van der Waals surface area contributed by atoms with Crippen LogP contribution in [-0.4, -0.2) is 12.2 Å². The highest BCUT2D eigenvalue weighted by Crippen LogP contribution is 2.34. The molecule has 0 unspecified atom stereocenters. The highest BCUT2D eigenvalue weighted by atomic mass is 32.2. The maximum atomic E-state index is 4.87. The number of rotatable bonds is 2. The van der Waals surface area contributed by atoms with Crippen LogP contribution < -0.4 is 4.90 Å². The van der Waals surface area contributed by atoms with Crippen LogP contribution in [0.25, 0.3) is 0 Å². The molecule has 0 aromatic heterocycles. The summed E-state index contributed by atoms with van der Waals surface area (Å²) in [6, 6.07) is 16.9. The molecule has 0 bridgehead atoms. The zero-order chi connectivity index (χ0) is 13.9. The summed E-state index contributed by atoms with van der Waals surface area (Å²) in [6.45, 7) is 2.17. The first-order valence-electron chi connectivity index (χ1n) is 6.90. The summed E-state index contributed by atoms with van der Waals surface area (Å²) in [6.07, 6.45) is 1.01. The van der Waals surface area contributed by atoms with Gasteiger partial charge in [0.1, 0.15) is 0 Å². The van der Waals surface area contributed by atoms with E-state index in [9.17, 15) is 0 Å². The van der Waals surface area contributed by atoms with Gasteiger partial charge in [0.15, 0.2) is 5.17 Å². The fourth-order valence-corrected chi connectivity index (χ4v) is 3.42. The molecule has 0 fully saturated rings. The van der Waals surface area contributed by atoms with E-state index in [1.165, 1.54) is 16.8 Å². The molecule has 3 rings (SSSR count). The van der Waals surface area contributed by atoms with E-state index in [2.05, 4.69) is 67.4 Å². The van der Waals surface area contributed by atoms with Crippen LogP contribution in [0.5, 0.6) is 0 Å². The number of nitrogens with zero attached hydrogens (tertiary/aromatic N) is 2. The number of anilines is 1. The van der Waals surface area contributed by atoms with E-state index in [0.29, 0.717) is 0 Å². The van der Waals surface area contributed by atoms with Crippen molar-refractivity contribution in [1.29, 1.82) is 0 Å². The molecule has 0 N–H and O–H groups in total. The van der Waals surface area contributed by atoms with Gasteiger partial charge in [-0.2, -0.15) is 0 Å². The van der Waals surface area contributed by atoms with Crippen LogP contribution in [0.15, 0.2) is 53.5 Å². The quantitative estimate of drug-likeness (QED) is 0.798. The summed E-state index contributed by atoms with van der Waals surface area (Å²) in [7, 11) is 2.10. The maximum absolute atomic E-state index is 4.87. The summed E-state index contributed by atoms with van der Waals surface area (Å²) in [4.78, 5) is 7.06. The van der Waals surface area contributed by atoms with Gasteiger partial charge in [0.05, 0.1) is 5.69 Å². The molecule has 3 heteroatoms. The Morgan fingerprint density at radius 2 is 1.85 bits per heavy atom. The maximum Gasteiger partial charge on any atom is 0.168 e. The second kappa shape index (κ2) is 5.71. The normalized spacial score (nSPS) is 16.3. The first-order chi connectivity index (χ1) is 9.79. The van der Waals surface area contributed by atoms with E-state index in [0.717, 1.165) is 23.0 Å². The Morgan fingerprint density at radius 1 is 1.10 bits per heavy atom. The van der Waals surface area contributed by atoms with Gasteiger partial charge in [-0.1, -0.05) is 55.1 Å². The predicted octanol–water partition coefficient (Wildman–Crippen LogP) is 4.62. The minimum Gasteiger partial charge on any atom is -0.324 e. The van der Waals surface area contributed by atoms with E-state index >= 15 is 0 Å². The molecule has 2 aromatic carbocycles. The number of hydrogen-bond donors (Lipinski definition) is 0. The van der Waals surface area contributed by atoms with Gasteiger partial charge >= 0.3 is 0 Å². The molecular weight excluding hydrogens is 264 g/mol. The molecule has 0 spiro atoms. The zero-order valence-corrected chi connectivity index (χ0v) is 12.7. The minimum atomic E-state index is 0.994. The van der Waals surface area contributed by atoms with Crippen molar-refractivity contribution >= 4 is 28.3 Å². The Balaban J connectivity index is 1.98. The van der Waals surface area contributed by atoms with Crippen LogP contribution in [0.3, 0.4) is 0 Å². The summed E-state index contributed by atoms with van der Waals surface area (Å²) < 4.78 is 0. The SMILES string of the molecule is CCc1ccccc1N=C1SCc2ccccc2N1C. The molecule has 0 saturated carbocycles. The average molecular weight is 282 g/mol. The van der Waals surface area contributed by atoms with Crippen molar-refractivity contribution in [3.05, 3.63) is 59.7 Å². The molecular formula is C17H18N2S. The number of fused-ring (bicyclic) bond motifs is 1. The molecule has 102 valence electrons. The number of benzene rings is 2. The second-order valence-corrected chi connectivity index (χ2v) is 5.80. The van der Waals surface area contributed by atoms with Crippen molar-refractivity contribution < 1.29 is 0 Å². The van der Waals surface area contributed by atoms with Gasteiger partial charge in [0.25, 0.3) is 0 Å². The van der Waals surface area contributed by atoms with Crippen molar-refractivity contribution in [2.75, 3.05) is 11.9 Å². The lowest BCUT2D eigenvalue weighted by molar-refractivity contribution is 1.13. The smallest absolute Gasteiger partial charge is 0.168 e. The lowest BCUT2D eigenvalue weighted by atomic mass is 10.1. The molecule has 1 aliphatic heterocycles. The third kappa shape index (κ3) is 2.46. The van der Waals surface area contributed by atoms with Crippen LogP contribution in [0, 0.1) is 0 Å². The highest BCUT2D eigenvalue weighted by Gasteiger charge is 2.19. The Hall–Kier alpha value is -1.74. The van der Waals surface area contributed by atoms with E-state index in [-0.39, 0.29) is 0 Å². The van der Waals surface area contributed by atoms with Crippen molar-refractivity contribution in [3.8, 4) is 0 Å². The molecule has 20 heavy (non-hydrogen) atoms. The van der Waals surface area contributed by atoms with Crippen molar-refractivity contribution in [3.63, 3.8) is 0 Å². The van der Waals surface area contributed by atoms with E-state index in [4.69, 9.17) is 4.99 Å². The molecule has 1 heterocycles. The second-order valence-electron chi connectivity index (χ2n) is 4.85. The van der Waals surface area contributed by atoms with Crippen LogP contribution in [0.4, 0.5) is 11.4 Å². The number of aliphatic imine (C=N–C) groups is 1. The van der Waals surface area contributed by atoms with E-state index in [1.54, 1.807) is 11.8 Å². The molecule has 0 amide bonds. The van der Waals surface area contributed by atoms with Gasteiger partial charge in [-0.15, -0.1) is 0 Å². The lowest BCUT2D eigenvalue weighted by Crippen LogP contribution is -2.27. The number of para-hydroxylation sites is 2. The first kappa shape index (κ1) is 13.3.